The number of aromatic nitrogens is 1. The summed E-state index contributed by atoms with van der Waals surface area (Å²) in [6, 6.07) is 6.69. The summed E-state index contributed by atoms with van der Waals surface area (Å²) < 4.78 is 32.6. The van der Waals surface area contributed by atoms with Crippen LogP contribution in [0.5, 0.6) is 0 Å². The fourth-order valence-corrected chi connectivity index (χ4v) is 5.72. The van der Waals surface area contributed by atoms with E-state index in [2.05, 4.69) is 21.3 Å². The number of sulfonamides is 1. The summed E-state index contributed by atoms with van der Waals surface area (Å²) in [5, 5.41) is 7.58. The van der Waals surface area contributed by atoms with E-state index in [0.717, 1.165) is 66.4 Å². The van der Waals surface area contributed by atoms with E-state index in [1.54, 1.807) is 18.2 Å². The Morgan fingerprint density at radius 2 is 1.77 bits per heavy atom. The van der Waals surface area contributed by atoms with Gasteiger partial charge in [0.05, 0.1) is 11.4 Å². The molecule has 3 aromatic rings. The number of carbonyl (C=O) groups excluding carboxylic acids is 1. The molecule has 2 N–H and O–H groups in total. The fourth-order valence-electron chi connectivity index (χ4n) is 4.70. The van der Waals surface area contributed by atoms with Gasteiger partial charge in [0.25, 0.3) is 0 Å². The molecule has 0 fully saturated rings. The van der Waals surface area contributed by atoms with Crippen molar-refractivity contribution in [3.8, 4) is 0 Å². The molecule has 8 heteroatoms. The predicted octanol–water partition coefficient (Wildman–Crippen LogP) is 3.77. The van der Waals surface area contributed by atoms with Gasteiger partial charge in [0.1, 0.15) is 0 Å². The van der Waals surface area contributed by atoms with Crippen LogP contribution in [0.25, 0.3) is 11.0 Å². The van der Waals surface area contributed by atoms with Crippen LogP contribution >= 0.6 is 0 Å². The van der Waals surface area contributed by atoms with Crippen molar-refractivity contribution in [2.45, 2.75) is 51.2 Å². The number of benzene rings is 2. The van der Waals surface area contributed by atoms with Crippen LogP contribution in [0.3, 0.4) is 0 Å². The molecule has 2 aromatic carbocycles. The Labute approximate surface area is 174 Å². The van der Waals surface area contributed by atoms with Crippen molar-refractivity contribution in [3.05, 3.63) is 57.8 Å². The maximum atomic E-state index is 12.6. The second kappa shape index (κ2) is 7.12. The van der Waals surface area contributed by atoms with Crippen LogP contribution in [-0.2, 0) is 41.5 Å². The van der Waals surface area contributed by atoms with Crippen LogP contribution in [0.1, 0.15) is 46.4 Å². The first-order chi connectivity index (χ1) is 14.4. The Balaban J connectivity index is 1.34. The normalized spacial score (nSPS) is 15.2. The van der Waals surface area contributed by atoms with E-state index in [-0.39, 0.29) is 5.75 Å². The smallest absolute Gasteiger partial charge is 0.332 e. The highest BCUT2D eigenvalue weighted by Crippen LogP contribution is 2.38. The van der Waals surface area contributed by atoms with Crippen molar-refractivity contribution >= 4 is 32.7 Å². The Bertz CT molecular complexity index is 1250. The van der Waals surface area contributed by atoms with Crippen molar-refractivity contribution in [1.29, 1.82) is 0 Å². The summed E-state index contributed by atoms with van der Waals surface area (Å²) in [4.78, 5) is 12.6. The lowest BCUT2D eigenvalue weighted by Crippen LogP contribution is -2.35. The summed E-state index contributed by atoms with van der Waals surface area (Å²) in [6.45, 7) is 1.82. The van der Waals surface area contributed by atoms with Gasteiger partial charge in [0, 0.05) is 11.1 Å². The number of carbonyl (C=O) groups is 1. The second-order valence-corrected chi connectivity index (χ2v) is 9.87. The monoisotopic (exact) mass is 425 g/mol. The van der Waals surface area contributed by atoms with E-state index >= 15 is 0 Å². The third kappa shape index (κ3) is 3.45. The van der Waals surface area contributed by atoms with Crippen molar-refractivity contribution in [2.75, 3.05) is 5.32 Å². The number of fused-ring (bicyclic) bond motifs is 3. The van der Waals surface area contributed by atoms with Gasteiger partial charge in [-0.05, 0) is 85.4 Å². The van der Waals surface area contributed by atoms with E-state index < -0.39 is 16.1 Å². The van der Waals surface area contributed by atoms with Crippen molar-refractivity contribution in [1.82, 2.24) is 9.88 Å². The van der Waals surface area contributed by atoms with Crippen LogP contribution < -0.4 is 10.0 Å². The molecule has 1 aromatic heterocycles. The molecular formula is C22H23N3O4S. The molecule has 1 heterocycles. The number of amides is 2. The third-order valence-electron chi connectivity index (χ3n) is 6.03. The number of nitrogens with one attached hydrogen (secondary N) is 2. The topological polar surface area (TPSA) is 101 Å². The van der Waals surface area contributed by atoms with Crippen LogP contribution in [0.2, 0.25) is 0 Å². The highest BCUT2D eigenvalue weighted by Gasteiger charge is 2.26. The largest absolute Gasteiger partial charge is 0.356 e. The Morgan fingerprint density at radius 1 is 1.07 bits per heavy atom. The van der Waals surface area contributed by atoms with E-state index in [1.165, 1.54) is 11.1 Å². The molecule has 0 saturated carbocycles. The second-order valence-electron chi connectivity index (χ2n) is 8.15. The van der Waals surface area contributed by atoms with Gasteiger partial charge in [0.15, 0.2) is 5.58 Å². The van der Waals surface area contributed by atoms with E-state index in [1.807, 2.05) is 6.92 Å². The SMILES string of the molecule is Cc1noc2cc(CS(=O)(=O)NC(=O)Nc3c4c(cc5c3CCC5)CCC4)ccc12. The molecule has 0 unspecified atom stereocenters. The maximum absolute atomic E-state index is 12.6. The molecule has 2 aliphatic rings. The molecule has 0 saturated heterocycles. The van der Waals surface area contributed by atoms with Crippen molar-refractivity contribution < 1.29 is 17.7 Å². The number of anilines is 1. The van der Waals surface area contributed by atoms with Crippen LogP contribution in [-0.4, -0.2) is 19.6 Å². The molecule has 0 spiro atoms. The minimum absolute atomic E-state index is 0.318. The Morgan fingerprint density at radius 3 is 2.47 bits per heavy atom. The first-order valence-electron chi connectivity index (χ1n) is 10.2. The zero-order valence-electron chi connectivity index (χ0n) is 16.7. The first kappa shape index (κ1) is 19.1. The minimum atomic E-state index is -3.87. The molecule has 156 valence electrons. The van der Waals surface area contributed by atoms with Gasteiger partial charge in [-0.2, -0.15) is 0 Å². The lowest BCUT2D eigenvalue weighted by molar-refractivity contribution is 0.256. The lowest BCUT2D eigenvalue weighted by Gasteiger charge is -2.16. The molecule has 0 atom stereocenters. The highest BCUT2D eigenvalue weighted by atomic mass is 32.2. The summed E-state index contributed by atoms with van der Waals surface area (Å²) in [6.07, 6.45) is 6.00. The summed E-state index contributed by atoms with van der Waals surface area (Å²) in [7, 11) is -3.87. The number of hydrogen-bond donors (Lipinski definition) is 2. The van der Waals surface area contributed by atoms with Crippen molar-refractivity contribution in [2.24, 2.45) is 0 Å². The zero-order chi connectivity index (χ0) is 20.9. The van der Waals surface area contributed by atoms with E-state index in [4.69, 9.17) is 4.52 Å². The summed E-state index contributed by atoms with van der Waals surface area (Å²) >= 11 is 0. The van der Waals surface area contributed by atoms with Gasteiger partial charge in [-0.25, -0.2) is 17.9 Å². The van der Waals surface area contributed by atoms with Crippen LogP contribution in [0.4, 0.5) is 10.5 Å². The van der Waals surface area contributed by atoms with E-state index in [0.29, 0.717) is 11.1 Å². The number of urea groups is 1. The maximum Gasteiger partial charge on any atom is 0.332 e. The van der Waals surface area contributed by atoms with Gasteiger partial charge in [-0.3, -0.25) is 0 Å². The van der Waals surface area contributed by atoms with Gasteiger partial charge in [-0.15, -0.1) is 0 Å². The molecule has 0 aliphatic heterocycles. The standard InChI is InChI=1S/C22H23N3O4S/c1-13-17-9-8-14(10-20(17)29-24-13)12-30(27,28)25-22(26)23-21-18-6-2-4-15(18)11-16-5-3-7-19(16)21/h8-11H,2-7,12H2,1H3,(H2,23,25,26). The van der Waals surface area contributed by atoms with Gasteiger partial charge in [-0.1, -0.05) is 17.3 Å². The fraction of sp³-hybridized carbons (Fsp3) is 0.364. The van der Waals surface area contributed by atoms with Crippen LogP contribution in [0.15, 0.2) is 28.8 Å². The highest BCUT2D eigenvalue weighted by molar-refractivity contribution is 7.89. The molecular weight excluding hydrogens is 402 g/mol. The molecule has 0 radical (unpaired) electrons. The van der Waals surface area contributed by atoms with Gasteiger partial charge < -0.3 is 9.84 Å². The number of aryl methyl sites for hydroxylation is 3. The number of hydrogen-bond acceptors (Lipinski definition) is 5. The number of rotatable bonds is 4. The average molecular weight is 426 g/mol. The lowest BCUT2D eigenvalue weighted by atomic mass is 9.99. The minimum Gasteiger partial charge on any atom is -0.356 e. The molecule has 0 bridgehead atoms. The van der Waals surface area contributed by atoms with Gasteiger partial charge in [0.2, 0.25) is 10.0 Å². The molecule has 5 rings (SSSR count). The number of nitrogens with zero attached hydrogens (tertiary/aromatic N) is 1. The van der Waals surface area contributed by atoms with Crippen molar-refractivity contribution in [3.63, 3.8) is 0 Å². The average Bonchev–Trinajstić information content (AvgIpc) is 3.40. The summed E-state index contributed by atoms with van der Waals surface area (Å²) in [5.74, 6) is -0.318. The van der Waals surface area contributed by atoms with E-state index in [9.17, 15) is 13.2 Å². The molecule has 30 heavy (non-hydrogen) atoms. The molecule has 7 nitrogen and oxygen atoms in total. The zero-order valence-corrected chi connectivity index (χ0v) is 17.6. The summed E-state index contributed by atoms with van der Waals surface area (Å²) in [5.41, 5.74) is 7.52. The molecule has 2 amide bonds. The van der Waals surface area contributed by atoms with Gasteiger partial charge >= 0.3 is 6.03 Å². The van der Waals surface area contributed by atoms with Crippen LogP contribution in [0, 0.1) is 6.92 Å². The quantitative estimate of drug-likeness (QED) is 0.663. The first-order valence-corrected chi connectivity index (χ1v) is 11.9. The Hall–Kier alpha value is -2.87. The Kier molecular flexibility index (Phi) is 4.54. The third-order valence-corrected chi connectivity index (χ3v) is 7.24. The predicted molar refractivity (Wildman–Crippen MR) is 114 cm³/mol. The molecule has 2 aliphatic carbocycles.